The fourth-order valence-electron chi connectivity index (χ4n) is 2.79. The lowest BCUT2D eigenvalue weighted by Gasteiger charge is -2.44. The monoisotopic (exact) mass is 288 g/mol. The van der Waals surface area contributed by atoms with Gasteiger partial charge in [-0.2, -0.15) is 0 Å². The fourth-order valence-corrected chi connectivity index (χ4v) is 2.79. The number of rotatable bonds is 1. The maximum atomic E-state index is 12.6. The number of aryl methyl sites for hydroxylation is 1. The minimum Gasteiger partial charge on any atom is -0.783 e. The minimum absolute atomic E-state index is 0.406. The quantitative estimate of drug-likeness (QED) is 0.875. The van der Waals surface area contributed by atoms with Crippen LogP contribution in [0.2, 0.25) is 0 Å². The summed E-state index contributed by atoms with van der Waals surface area (Å²) in [6.07, 6.45) is -0.943. The third-order valence-corrected chi connectivity index (χ3v) is 5.02. The Labute approximate surface area is 123 Å². The van der Waals surface area contributed by atoms with Crippen molar-refractivity contribution >= 4 is 11.0 Å². The Kier molecular flexibility index (Phi) is 2.94. The predicted molar refractivity (Wildman–Crippen MR) is 79.5 cm³/mol. The van der Waals surface area contributed by atoms with Crippen LogP contribution in [0.5, 0.6) is 0 Å². The molecule has 0 saturated carbocycles. The second kappa shape index (κ2) is 4.27. The summed E-state index contributed by atoms with van der Waals surface area (Å²) in [5.41, 5.74) is 1.06. The lowest BCUT2D eigenvalue weighted by atomic mass is 9.84. The number of nitrogens with one attached hydrogen (secondary N) is 1. The highest BCUT2D eigenvalue weighted by Gasteiger charge is 2.56. The van der Waals surface area contributed by atoms with Gasteiger partial charge in [-0.05, 0) is 46.2 Å². The average Bonchev–Trinajstić information content (AvgIpc) is 2.87. The van der Waals surface area contributed by atoms with Crippen LogP contribution in [0.4, 0.5) is 0 Å². The maximum Gasteiger partial charge on any atom is 0.141 e. The first kappa shape index (κ1) is 14.5. The molecule has 2 heterocycles. The van der Waals surface area contributed by atoms with E-state index >= 15 is 0 Å². The molecule has 0 bridgehead atoms. The zero-order chi connectivity index (χ0) is 15.6. The van der Waals surface area contributed by atoms with Crippen LogP contribution < -0.4 is 0 Å². The standard InChI is InChI=1S/C15H20N4O2/c1-9-7-6-8-10-11(9)17-12(16-10)13-18(20)14(2,3)15(4,5)19(13)21/h6-8,13H,1-5H3,(H,16,17)/q-1. The van der Waals surface area contributed by atoms with Crippen LogP contribution in [0.3, 0.4) is 0 Å². The second-order valence-electron chi connectivity index (χ2n) is 6.74. The normalized spacial score (nSPS) is 25.8. The summed E-state index contributed by atoms with van der Waals surface area (Å²) in [7, 11) is 0. The van der Waals surface area contributed by atoms with Crippen molar-refractivity contribution in [3.63, 3.8) is 0 Å². The molecule has 1 saturated heterocycles. The van der Waals surface area contributed by atoms with Crippen molar-refractivity contribution in [1.82, 2.24) is 20.1 Å². The molecule has 6 nitrogen and oxygen atoms in total. The van der Waals surface area contributed by atoms with Gasteiger partial charge in [-0.25, -0.2) is 4.98 Å². The van der Waals surface area contributed by atoms with Crippen LogP contribution in [-0.2, 0) is 5.21 Å². The number of hydrogen-bond donors (Lipinski definition) is 1. The van der Waals surface area contributed by atoms with Gasteiger partial charge in [0.05, 0.1) is 16.6 Å². The van der Waals surface area contributed by atoms with Gasteiger partial charge in [-0.15, -0.1) is 10.3 Å². The topological polar surface area (TPSA) is 78.1 Å². The Morgan fingerprint density at radius 1 is 1.24 bits per heavy atom. The van der Waals surface area contributed by atoms with E-state index in [0.717, 1.165) is 26.7 Å². The Bertz CT molecular complexity index is 672. The van der Waals surface area contributed by atoms with E-state index in [-0.39, 0.29) is 0 Å². The molecule has 113 valence electrons. The molecule has 0 aliphatic carbocycles. The van der Waals surface area contributed by atoms with Crippen LogP contribution in [0.1, 0.15) is 45.2 Å². The molecule has 1 aromatic heterocycles. The Balaban J connectivity index is 2.13. The van der Waals surface area contributed by atoms with Gasteiger partial charge in [-0.3, -0.25) is 0 Å². The van der Waals surface area contributed by atoms with Crippen molar-refractivity contribution in [3.05, 3.63) is 34.8 Å². The molecule has 6 heteroatoms. The summed E-state index contributed by atoms with van der Waals surface area (Å²) in [4.78, 5) is 7.61. The smallest absolute Gasteiger partial charge is 0.141 e. The predicted octanol–water partition coefficient (Wildman–Crippen LogP) is 2.89. The van der Waals surface area contributed by atoms with E-state index in [4.69, 9.17) is 0 Å². The molecule has 1 aliphatic rings. The van der Waals surface area contributed by atoms with Gasteiger partial charge in [0.1, 0.15) is 12.0 Å². The molecule has 0 unspecified atom stereocenters. The summed E-state index contributed by atoms with van der Waals surface area (Å²) in [6, 6.07) is 5.78. The highest BCUT2D eigenvalue weighted by molar-refractivity contribution is 5.78. The van der Waals surface area contributed by atoms with Gasteiger partial charge in [-0.1, -0.05) is 12.1 Å². The molecule has 1 radical (unpaired) electrons. The lowest BCUT2D eigenvalue weighted by molar-refractivity contribution is -0.233. The minimum atomic E-state index is -0.943. The zero-order valence-corrected chi connectivity index (χ0v) is 13.0. The van der Waals surface area contributed by atoms with E-state index < -0.39 is 17.2 Å². The molecule has 0 spiro atoms. The van der Waals surface area contributed by atoms with Gasteiger partial charge >= 0.3 is 0 Å². The third kappa shape index (κ3) is 1.77. The van der Waals surface area contributed by atoms with E-state index in [1.165, 1.54) is 0 Å². The van der Waals surface area contributed by atoms with E-state index in [9.17, 15) is 10.4 Å². The molecule has 2 aromatic rings. The van der Waals surface area contributed by atoms with Crippen LogP contribution in [0.25, 0.3) is 11.0 Å². The van der Waals surface area contributed by atoms with Gasteiger partial charge in [0.2, 0.25) is 0 Å². The summed E-state index contributed by atoms with van der Waals surface area (Å²) in [5.74, 6) is 0.406. The van der Waals surface area contributed by atoms with E-state index in [0.29, 0.717) is 5.82 Å². The molecule has 0 amide bonds. The van der Waals surface area contributed by atoms with Crippen LogP contribution in [-0.4, -0.2) is 31.2 Å². The summed E-state index contributed by atoms with van der Waals surface area (Å²) in [5, 5.41) is 27.0. The number of imidazole rings is 1. The van der Waals surface area contributed by atoms with Crippen LogP contribution in [0, 0.1) is 12.1 Å². The largest absolute Gasteiger partial charge is 0.783 e. The number of aromatic amines is 1. The van der Waals surface area contributed by atoms with Crippen molar-refractivity contribution in [3.8, 4) is 0 Å². The molecule has 1 N–H and O–H groups in total. The molecule has 21 heavy (non-hydrogen) atoms. The van der Waals surface area contributed by atoms with Gasteiger partial charge in [0.15, 0.2) is 0 Å². The number of aromatic nitrogens is 2. The fraction of sp³-hybridized carbons (Fsp3) is 0.533. The SMILES string of the molecule is Cc1cccc2[nH]c(C3N([O])C(C)(C)C(C)(C)N3[O-])nc12. The lowest BCUT2D eigenvalue weighted by Crippen LogP contribution is -2.51. The number of H-pyrrole nitrogens is 1. The Morgan fingerprint density at radius 2 is 1.90 bits per heavy atom. The number of benzene rings is 1. The molecule has 1 fully saturated rings. The highest BCUT2D eigenvalue weighted by Crippen LogP contribution is 2.47. The Morgan fingerprint density at radius 3 is 2.43 bits per heavy atom. The summed E-state index contributed by atoms with van der Waals surface area (Å²) in [6.45, 7) is 9.12. The first-order valence-electron chi connectivity index (χ1n) is 7.06. The van der Waals surface area contributed by atoms with E-state index in [2.05, 4.69) is 9.97 Å². The van der Waals surface area contributed by atoms with Crippen molar-refractivity contribution in [2.45, 2.75) is 51.9 Å². The molecule has 3 rings (SSSR count). The summed E-state index contributed by atoms with van der Waals surface area (Å²) >= 11 is 0. The second-order valence-corrected chi connectivity index (χ2v) is 6.74. The number of hydrogen-bond acceptors (Lipinski definition) is 4. The van der Waals surface area contributed by atoms with Crippen LogP contribution in [0.15, 0.2) is 18.2 Å². The number of hydroxylamine groups is 4. The Hall–Kier alpha value is -1.47. The number of para-hydroxylation sites is 1. The first-order valence-corrected chi connectivity index (χ1v) is 7.06. The number of nitrogens with zero attached hydrogens (tertiary/aromatic N) is 3. The molecule has 0 atom stereocenters. The highest BCUT2D eigenvalue weighted by atomic mass is 16.6. The first-order chi connectivity index (χ1) is 9.68. The van der Waals surface area contributed by atoms with E-state index in [1.807, 2.05) is 25.1 Å². The number of fused-ring (bicyclic) bond motifs is 1. The van der Waals surface area contributed by atoms with Crippen molar-refractivity contribution in [1.29, 1.82) is 0 Å². The molecule has 1 aromatic carbocycles. The van der Waals surface area contributed by atoms with Crippen molar-refractivity contribution in [2.24, 2.45) is 0 Å². The van der Waals surface area contributed by atoms with E-state index in [1.54, 1.807) is 27.7 Å². The van der Waals surface area contributed by atoms with Gasteiger partial charge < -0.3 is 15.3 Å². The zero-order valence-electron chi connectivity index (χ0n) is 13.0. The molecule has 1 aliphatic heterocycles. The summed E-state index contributed by atoms with van der Waals surface area (Å²) < 4.78 is 0. The average molecular weight is 288 g/mol. The maximum absolute atomic E-state index is 12.6. The van der Waals surface area contributed by atoms with Crippen LogP contribution >= 0.6 is 0 Å². The molecular formula is C15H20N4O2-. The van der Waals surface area contributed by atoms with Crippen molar-refractivity contribution in [2.75, 3.05) is 0 Å². The third-order valence-electron chi connectivity index (χ3n) is 5.02. The van der Waals surface area contributed by atoms with Gasteiger partial charge in [0, 0.05) is 5.54 Å². The molecular weight excluding hydrogens is 268 g/mol. The van der Waals surface area contributed by atoms with Crippen molar-refractivity contribution < 1.29 is 5.21 Å². The van der Waals surface area contributed by atoms with Gasteiger partial charge in [0.25, 0.3) is 0 Å².